The first kappa shape index (κ1) is 13.4. The van der Waals surface area contributed by atoms with Crippen LogP contribution in [-0.4, -0.2) is 39.0 Å². The molecule has 2 rings (SSSR count). The van der Waals surface area contributed by atoms with E-state index in [2.05, 4.69) is 4.72 Å². The smallest absolute Gasteiger partial charge is 0.301 e. The summed E-state index contributed by atoms with van der Waals surface area (Å²) in [5.74, 6) is 0. The maximum atomic E-state index is 12.0. The molecule has 1 saturated heterocycles. The molecule has 0 radical (unpaired) electrons. The highest BCUT2D eigenvalue weighted by molar-refractivity contribution is 7.90. The summed E-state index contributed by atoms with van der Waals surface area (Å²) >= 11 is 5.77. The Labute approximate surface area is 111 Å². The van der Waals surface area contributed by atoms with E-state index in [4.69, 9.17) is 22.1 Å². The van der Waals surface area contributed by atoms with Gasteiger partial charge in [-0.1, -0.05) is 11.6 Å². The van der Waals surface area contributed by atoms with Crippen LogP contribution in [0.3, 0.4) is 0 Å². The summed E-state index contributed by atoms with van der Waals surface area (Å²) in [7, 11) is -3.56. The molecule has 1 aliphatic heterocycles. The van der Waals surface area contributed by atoms with Gasteiger partial charge in [0, 0.05) is 13.1 Å². The molecule has 0 amide bonds. The lowest BCUT2D eigenvalue weighted by Crippen LogP contribution is -2.43. The number of hydrogen-bond acceptors (Lipinski definition) is 4. The molecule has 1 aromatic carbocycles. The van der Waals surface area contributed by atoms with Gasteiger partial charge < -0.3 is 10.5 Å². The highest BCUT2D eigenvalue weighted by Crippen LogP contribution is 2.23. The van der Waals surface area contributed by atoms with E-state index in [9.17, 15) is 8.42 Å². The van der Waals surface area contributed by atoms with Crippen molar-refractivity contribution in [2.24, 2.45) is 0 Å². The normalized spacial score (nSPS) is 17.6. The van der Waals surface area contributed by atoms with E-state index >= 15 is 0 Å². The SMILES string of the molecule is Nc1cc(NS(=O)(=O)N2CCOCC2)ccc1Cl. The molecular formula is C10H14ClN3O3S. The minimum atomic E-state index is -3.56. The summed E-state index contributed by atoms with van der Waals surface area (Å²) in [4.78, 5) is 0. The summed E-state index contributed by atoms with van der Waals surface area (Å²) in [5, 5.41) is 0.393. The molecule has 0 aromatic heterocycles. The van der Waals surface area contributed by atoms with Crippen LogP contribution in [0.1, 0.15) is 0 Å². The Morgan fingerprint density at radius 1 is 1.33 bits per heavy atom. The van der Waals surface area contributed by atoms with Crippen LogP contribution in [0.25, 0.3) is 0 Å². The Morgan fingerprint density at radius 2 is 2.00 bits per heavy atom. The molecule has 18 heavy (non-hydrogen) atoms. The zero-order valence-corrected chi connectivity index (χ0v) is 11.2. The van der Waals surface area contributed by atoms with Gasteiger partial charge in [0.05, 0.1) is 29.6 Å². The third-order valence-electron chi connectivity index (χ3n) is 2.55. The number of nitrogens with two attached hydrogens (primary N) is 1. The van der Waals surface area contributed by atoms with E-state index in [0.717, 1.165) is 0 Å². The van der Waals surface area contributed by atoms with Gasteiger partial charge in [-0.15, -0.1) is 0 Å². The van der Waals surface area contributed by atoms with E-state index in [1.165, 1.54) is 10.4 Å². The van der Waals surface area contributed by atoms with Crippen LogP contribution in [0.5, 0.6) is 0 Å². The van der Waals surface area contributed by atoms with Gasteiger partial charge in [0.15, 0.2) is 0 Å². The lowest BCUT2D eigenvalue weighted by atomic mass is 10.3. The number of hydrogen-bond donors (Lipinski definition) is 2. The van der Waals surface area contributed by atoms with Gasteiger partial charge in [0.25, 0.3) is 0 Å². The van der Waals surface area contributed by atoms with Crippen LogP contribution in [0.4, 0.5) is 11.4 Å². The Kier molecular flexibility index (Phi) is 3.96. The lowest BCUT2D eigenvalue weighted by Gasteiger charge is -2.26. The van der Waals surface area contributed by atoms with Crippen molar-refractivity contribution in [1.82, 2.24) is 4.31 Å². The highest BCUT2D eigenvalue weighted by atomic mass is 35.5. The Bertz CT molecular complexity index is 529. The molecule has 6 nitrogen and oxygen atoms in total. The highest BCUT2D eigenvalue weighted by Gasteiger charge is 2.24. The second-order valence-corrected chi connectivity index (χ2v) is 5.93. The second-order valence-electron chi connectivity index (χ2n) is 3.85. The van der Waals surface area contributed by atoms with Gasteiger partial charge in [-0.2, -0.15) is 12.7 Å². The van der Waals surface area contributed by atoms with Gasteiger partial charge in [-0.25, -0.2) is 0 Å². The molecular weight excluding hydrogens is 278 g/mol. The Morgan fingerprint density at radius 3 is 2.61 bits per heavy atom. The molecule has 0 bridgehead atoms. The van der Waals surface area contributed by atoms with Crippen LogP contribution in [0, 0.1) is 0 Å². The topological polar surface area (TPSA) is 84.7 Å². The number of benzene rings is 1. The summed E-state index contributed by atoms with van der Waals surface area (Å²) in [6.45, 7) is 1.50. The van der Waals surface area contributed by atoms with Crippen molar-refractivity contribution in [1.29, 1.82) is 0 Å². The average Bonchev–Trinajstić information content (AvgIpc) is 2.35. The molecule has 100 valence electrons. The van der Waals surface area contributed by atoms with Crippen LogP contribution in [0.2, 0.25) is 5.02 Å². The number of nitrogens with one attached hydrogen (secondary N) is 1. The van der Waals surface area contributed by atoms with E-state index in [0.29, 0.717) is 42.7 Å². The van der Waals surface area contributed by atoms with Gasteiger partial charge in [-0.3, -0.25) is 4.72 Å². The van der Waals surface area contributed by atoms with Crippen molar-refractivity contribution in [3.63, 3.8) is 0 Å². The number of halogens is 1. The number of ether oxygens (including phenoxy) is 1. The summed E-state index contributed by atoms with van der Waals surface area (Å²) in [6, 6.07) is 4.60. The fraction of sp³-hybridized carbons (Fsp3) is 0.400. The maximum absolute atomic E-state index is 12.0. The number of nitrogen functional groups attached to an aromatic ring is 1. The van der Waals surface area contributed by atoms with Crippen molar-refractivity contribution in [2.45, 2.75) is 0 Å². The number of nitrogens with zero attached hydrogens (tertiary/aromatic N) is 1. The summed E-state index contributed by atoms with van der Waals surface area (Å²) in [6.07, 6.45) is 0. The quantitative estimate of drug-likeness (QED) is 0.811. The molecule has 0 aliphatic carbocycles. The van der Waals surface area contributed by atoms with Gasteiger partial charge in [0.1, 0.15) is 0 Å². The molecule has 1 fully saturated rings. The van der Waals surface area contributed by atoms with Crippen molar-refractivity contribution in [3.05, 3.63) is 23.2 Å². The number of anilines is 2. The lowest BCUT2D eigenvalue weighted by molar-refractivity contribution is 0.0733. The third-order valence-corrected chi connectivity index (χ3v) is 4.44. The third kappa shape index (κ3) is 3.05. The summed E-state index contributed by atoms with van der Waals surface area (Å²) < 4.78 is 33.0. The number of rotatable bonds is 3. The van der Waals surface area contributed by atoms with E-state index in [1.54, 1.807) is 12.1 Å². The molecule has 0 atom stereocenters. The summed E-state index contributed by atoms with van der Waals surface area (Å²) in [5.41, 5.74) is 6.34. The largest absolute Gasteiger partial charge is 0.397 e. The molecule has 0 spiro atoms. The van der Waals surface area contributed by atoms with Crippen molar-refractivity contribution in [2.75, 3.05) is 36.8 Å². The predicted molar refractivity (Wildman–Crippen MR) is 70.8 cm³/mol. The van der Waals surface area contributed by atoms with Crippen LogP contribution in [-0.2, 0) is 14.9 Å². The Hall–Kier alpha value is -1.02. The zero-order chi connectivity index (χ0) is 13.2. The standard InChI is InChI=1S/C10H14ClN3O3S/c11-9-2-1-8(7-10(9)12)13-18(15,16)14-3-5-17-6-4-14/h1-2,7,13H,3-6,12H2. The minimum Gasteiger partial charge on any atom is -0.397 e. The average molecular weight is 292 g/mol. The first-order valence-electron chi connectivity index (χ1n) is 5.40. The van der Waals surface area contributed by atoms with Gasteiger partial charge in [0.2, 0.25) is 0 Å². The predicted octanol–water partition coefficient (Wildman–Crippen LogP) is 0.911. The minimum absolute atomic E-state index is 0.332. The molecule has 1 aromatic rings. The molecule has 3 N–H and O–H groups in total. The number of morpholine rings is 1. The van der Waals surface area contributed by atoms with Crippen molar-refractivity contribution < 1.29 is 13.2 Å². The van der Waals surface area contributed by atoms with Gasteiger partial charge >= 0.3 is 10.2 Å². The first-order valence-corrected chi connectivity index (χ1v) is 7.21. The molecule has 8 heteroatoms. The second kappa shape index (κ2) is 5.31. The zero-order valence-electron chi connectivity index (χ0n) is 9.60. The first-order chi connectivity index (χ1) is 8.49. The van der Waals surface area contributed by atoms with E-state index in [1.807, 2.05) is 0 Å². The Balaban J connectivity index is 2.13. The van der Waals surface area contributed by atoms with E-state index < -0.39 is 10.2 Å². The molecule has 1 heterocycles. The molecule has 0 unspecified atom stereocenters. The van der Waals surface area contributed by atoms with E-state index in [-0.39, 0.29) is 0 Å². The van der Waals surface area contributed by atoms with Gasteiger partial charge in [-0.05, 0) is 18.2 Å². The van der Waals surface area contributed by atoms with Crippen LogP contribution < -0.4 is 10.5 Å². The van der Waals surface area contributed by atoms with Crippen molar-refractivity contribution >= 4 is 33.2 Å². The fourth-order valence-corrected chi connectivity index (χ4v) is 2.91. The van der Waals surface area contributed by atoms with Crippen LogP contribution >= 0.6 is 11.6 Å². The monoisotopic (exact) mass is 291 g/mol. The molecule has 1 aliphatic rings. The van der Waals surface area contributed by atoms with Crippen LogP contribution in [0.15, 0.2) is 18.2 Å². The van der Waals surface area contributed by atoms with Crippen molar-refractivity contribution in [3.8, 4) is 0 Å². The fourth-order valence-electron chi connectivity index (χ4n) is 1.61. The molecule has 0 saturated carbocycles. The maximum Gasteiger partial charge on any atom is 0.301 e.